The maximum Gasteiger partial charge on any atom is 0.251 e. The Morgan fingerprint density at radius 1 is 1.27 bits per heavy atom. The average Bonchev–Trinajstić information content (AvgIpc) is 2.50. The third kappa shape index (κ3) is 4.85. The first-order chi connectivity index (χ1) is 10.6. The summed E-state index contributed by atoms with van der Waals surface area (Å²) in [5, 5.41) is 11.7. The Bertz CT molecular complexity index is 522. The van der Waals surface area contributed by atoms with Gasteiger partial charge in [0.2, 0.25) is 0 Å². The number of nitrogens with zero attached hydrogens (tertiary/aromatic N) is 2. The fourth-order valence-electron chi connectivity index (χ4n) is 3.28. The van der Waals surface area contributed by atoms with Gasteiger partial charge in [0.05, 0.1) is 11.6 Å². The van der Waals surface area contributed by atoms with Crippen LogP contribution in [0.1, 0.15) is 42.6 Å². The molecule has 118 valence electrons. The molecular weight excluding hydrogens is 274 g/mol. The molecular formula is C18H25N3O. The quantitative estimate of drug-likeness (QED) is 0.850. The van der Waals surface area contributed by atoms with E-state index in [-0.39, 0.29) is 5.91 Å². The molecule has 1 heterocycles. The number of amides is 1. The monoisotopic (exact) mass is 299 g/mol. The highest BCUT2D eigenvalue weighted by atomic mass is 16.1. The molecule has 0 radical (unpaired) electrons. The summed E-state index contributed by atoms with van der Waals surface area (Å²) in [6, 6.07) is 8.79. The summed E-state index contributed by atoms with van der Waals surface area (Å²) in [5.74, 6) is 1.49. The van der Waals surface area contributed by atoms with Crippen LogP contribution in [-0.2, 0) is 0 Å². The minimum atomic E-state index is -0.0649. The van der Waals surface area contributed by atoms with Gasteiger partial charge in [-0.2, -0.15) is 5.26 Å². The molecule has 1 N–H and O–H groups in total. The number of likely N-dealkylation sites (tertiary alicyclic amines) is 1. The van der Waals surface area contributed by atoms with Crippen molar-refractivity contribution in [3.63, 3.8) is 0 Å². The van der Waals surface area contributed by atoms with Crippen molar-refractivity contribution in [1.82, 2.24) is 10.2 Å². The van der Waals surface area contributed by atoms with E-state index in [1.54, 1.807) is 24.3 Å². The third-order valence-electron chi connectivity index (χ3n) is 4.16. The highest BCUT2D eigenvalue weighted by Gasteiger charge is 2.21. The lowest BCUT2D eigenvalue weighted by molar-refractivity contribution is 0.0947. The van der Waals surface area contributed by atoms with E-state index in [0.29, 0.717) is 17.7 Å². The van der Waals surface area contributed by atoms with E-state index < -0.39 is 0 Å². The van der Waals surface area contributed by atoms with Crippen molar-refractivity contribution in [2.45, 2.75) is 26.7 Å². The normalized spacial score (nSPS) is 22.0. The first kappa shape index (κ1) is 16.5. The van der Waals surface area contributed by atoms with Gasteiger partial charge in [-0.3, -0.25) is 4.79 Å². The molecule has 1 aromatic rings. The van der Waals surface area contributed by atoms with Crippen molar-refractivity contribution >= 4 is 5.91 Å². The Morgan fingerprint density at radius 2 is 1.91 bits per heavy atom. The van der Waals surface area contributed by atoms with E-state index in [1.165, 1.54) is 19.5 Å². The molecule has 0 saturated carbocycles. The van der Waals surface area contributed by atoms with Crippen LogP contribution in [0.15, 0.2) is 24.3 Å². The Balaban J connectivity index is 1.69. The lowest BCUT2D eigenvalue weighted by Gasteiger charge is -2.34. The van der Waals surface area contributed by atoms with Crippen LogP contribution in [0.25, 0.3) is 0 Å². The van der Waals surface area contributed by atoms with E-state index >= 15 is 0 Å². The predicted octanol–water partition coefficient (Wildman–Crippen LogP) is 2.66. The Labute approximate surface area is 133 Å². The van der Waals surface area contributed by atoms with Crippen molar-refractivity contribution in [2.24, 2.45) is 11.8 Å². The summed E-state index contributed by atoms with van der Waals surface area (Å²) in [6.45, 7) is 8.72. The molecule has 4 heteroatoms. The molecule has 4 nitrogen and oxygen atoms in total. The SMILES string of the molecule is CC1CC(C)CN(CCCNC(=O)c2ccc(C#N)cc2)C1. The smallest absolute Gasteiger partial charge is 0.251 e. The van der Waals surface area contributed by atoms with E-state index in [4.69, 9.17) is 5.26 Å². The van der Waals surface area contributed by atoms with E-state index in [9.17, 15) is 4.79 Å². The Hall–Kier alpha value is -1.86. The van der Waals surface area contributed by atoms with Crippen molar-refractivity contribution in [1.29, 1.82) is 5.26 Å². The number of nitriles is 1. The zero-order chi connectivity index (χ0) is 15.9. The summed E-state index contributed by atoms with van der Waals surface area (Å²) >= 11 is 0. The van der Waals surface area contributed by atoms with Gasteiger partial charge in [-0.15, -0.1) is 0 Å². The molecule has 1 aliphatic heterocycles. The van der Waals surface area contributed by atoms with Crippen LogP contribution in [0.3, 0.4) is 0 Å². The topological polar surface area (TPSA) is 56.1 Å². The molecule has 1 fully saturated rings. The van der Waals surface area contributed by atoms with Crippen molar-refractivity contribution < 1.29 is 4.79 Å². The highest BCUT2D eigenvalue weighted by molar-refractivity contribution is 5.94. The molecule has 1 saturated heterocycles. The average molecular weight is 299 g/mol. The number of benzene rings is 1. The summed E-state index contributed by atoms with van der Waals surface area (Å²) in [6.07, 6.45) is 2.30. The highest BCUT2D eigenvalue weighted by Crippen LogP contribution is 2.20. The molecule has 1 aliphatic rings. The molecule has 1 amide bonds. The van der Waals surface area contributed by atoms with Crippen LogP contribution in [0.5, 0.6) is 0 Å². The molecule has 0 aliphatic carbocycles. The van der Waals surface area contributed by atoms with Gasteiger partial charge in [0.1, 0.15) is 0 Å². The zero-order valence-electron chi connectivity index (χ0n) is 13.5. The lowest BCUT2D eigenvalue weighted by atomic mass is 9.92. The van der Waals surface area contributed by atoms with Gasteiger partial charge < -0.3 is 10.2 Å². The van der Waals surface area contributed by atoms with Crippen molar-refractivity contribution in [2.75, 3.05) is 26.2 Å². The molecule has 1 aromatic carbocycles. The number of carbonyl (C=O) groups excluding carboxylic acids is 1. The third-order valence-corrected chi connectivity index (χ3v) is 4.16. The number of piperidine rings is 1. The van der Waals surface area contributed by atoms with Crippen LogP contribution in [-0.4, -0.2) is 37.0 Å². The van der Waals surface area contributed by atoms with Gasteiger partial charge in [-0.05, 0) is 55.5 Å². The van der Waals surface area contributed by atoms with E-state index in [1.807, 2.05) is 0 Å². The molecule has 2 unspecified atom stereocenters. The molecule has 2 rings (SSSR count). The summed E-state index contributed by atoms with van der Waals surface area (Å²) < 4.78 is 0. The minimum Gasteiger partial charge on any atom is -0.352 e. The lowest BCUT2D eigenvalue weighted by Crippen LogP contribution is -2.40. The molecule has 0 bridgehead atoms. The maximum atomic E-state index is 12.0. The van der Waals surface area contributed by atoms with Gasteiger partial charge in [-0.25, -0.2) is 0 Å². The van der Waals surface area contributed by atoms with Gasteiger partial charge in [0, 0.05) is 25.2 Å². The van der Waals surface area contributed by atoms with Crippen LogP contribution in [0.4, 0.5) is 0 Å². The summed E-state index contributed by atoms with van der Waals surface area (Å²) in [7, 11) is 0. The zero-order valence-corrected chi connectivity index (χ0v) is 13.5. The van der Waals surface area contributed by atoms with Crippen LogP contribution < -0.4 is 5.32 Å². The van der Waals surface area contributed by atoms with Gasteiger partial charge in [0.15, 0.2) is 0 Å². The summed E-state index contributed by atoms with van der Waals surface area (Å²) in [4.78, 5) is 14.5. The number of carbonyl (C=O) groups is 1. The second-order valence-electron chi connectivity index (χ2n) is 6.50. The Morgan fingerprint density at radius 3 is 2.50 bits per heavy atom. The fraction of sp³-hybridized carbons (Fsp3) is 0.556. The number of rotatable bonds is 5. The Kier molecular flexibility index (Phi) is 5.97. The van der Waals surface area contributed by atoms with Gasteiger partial charge in [0.25, 0.3) is 5.91 Å². The first-order valence-electron chi connectivity index (χ1n) is 8.09. The van der Waals surface area contributed by atoms with Gasteiger partial charge in [-0.1, -0.05) is 13.8 Å². The summed E-state index contributed by atoms with van der Waals surface area (Å²) in [5.41, 5.74) is 1.18. The van der Waals surface area contributed by atoms with Crippen molar-refractivity contribution in [3.05, 3.63) is 35.4 Å². The predicted molar refractivity (Wildman–Crippen MR) is 87.5 cm³/mol. The second kappa shape index (κ2) is 7.95. The maximum absolute atomic E-state index is 12.0. The van der Waals surface area contributed by atoms with Crippen LogP contribution in [0.2, 0.25) is 0 Å². The minimum absolute atomic E-state index is 0.0649. The van der Waals surface area contributed by atoms with E-state index in [0.717, 1.165) is 24.8 Å². The first-order valence-corrected chi connectivity index (χ1v) is 8.09. The molecule has 2 atom stereocenters. The number of hydrogen-bond donors (Lipinski definition) is 1. The van der Waals surface area contributed by atoms with Crippen LogP contribution >= 0.6 is 0 Å². The van der Waals surface area contributed by atoms with Crippen LogP contribution in [0, 0.1) is 23.2 Å². The molecule has 0 spiro atoms. The molecule has 0 aromatic heterocycles. The largest absolute Gasteiger partial charge is 0.352 e. The number of hydrogen-bond acceptors (Lipinski definition) is 3. The van der Waals surface area contributed by atoms with Crippen molar-refractivity contribution in [3.8, 4) is 6.07 Å². The fourth-order valence-corrected chi connectivity index (χ4v) is 3.28. The van der Waals surface area contributed by atoms with Gasteiger partial charge >= 0.3 is 0 Å². The standard InChI is InChI=1S/C18H25N3O/c1-14-10-15(2)13-21(12-14)9-3-8-20-18(22)17-6-4-16(11-19)5-7-17/h4-7,14-15H,3,8-10,12-13H2,1-2H3,(H,20,22). The number of nitrogens with one attached hydrogen (secondary N) is 1. The van der Waals surface area contributed by atoms with E-state index in [2.05, 4.69) is 30.1 Å². The molecule has 22 heavy (non-hydrogen) atoms. The second-order valence-corrected chi connectivity index (χ2v) is 6.50.